The number of carbonyl (C=O) groups excluding carboxylic acids is 1. The molecule has 16 heavy (non-hydrogen) atoms. The third-order valence-corrected chi connectivity index (χ3v) is 3.63. The van der Waals surface area contributed by atoms with E-state index < -0.39 is 0 Å². The van der Waals surface area contributed by atoms with Crippen LogP contribution in [-0.4, -0.2) is 36.5 Å². The molecule has 1 saturated heterocycles. The Labute approximate surface area is 99.6 Å². The quantitative estimate of drug-likeness (QED) is 0.778. The average molecular weight is 226 g/mol. The molecule has 1 heterocycles. The molecule has 0 radical (unpaired) electrons. The number of rotatable bonds is 5. The summed E-state index contributed by atoms with van der Waals surface area (Å²) in [6.07, 6.45) is 4.17. The second kappa shape index (κ2) is 6.89. The molecule has 1 N–H and O–H groups in total. The molecule has 1 rings (SSSR count). The van der Waals surface area contributed by atoms with Crippen molar-refractivity contribution in [1.29, 1.82) is 0 Å². The van der Waals surface area contributed by atoms with Gasteiger partial charge >= 0.3 is 0 Å². The molecular formula is C13H26N2O. The Hall–Kier alpha value is -0.570. The number of piperidine rings is 1. The van der Waals surface area contributed by atoms with Crippen molar-refractivity contribution in [3.8, 4) is 0 Å². The normalized spacial score (nSPS) is 18.1. The minimum atomic E-state index is 0.246. The summed E-state index contributed by atoms with van der Waals surface area (Å²) in [7, 11) is 0. The lowest BCUT2D eigenvalue weighted by molar-refractivity contribution is -0.136. The lowest BCUT2D eigenvalue weighted by atomic mass is 9.98. The second-order valence-electron chi connectivity index (χ2n) is 4.67. The predicted octanol–water partition coefficient (Wildman–Crippen LogP) is 2.02. The van der Waals surface area contributed by atoms with E-state index in [1.54, 1.807) is 0 Å². The van der Waals surface area contributed by atoms with Crippen molar-refractivity contribution in [2.45, 2.75) is 52.5 Å². The van der Waals surface area contributed by atoms with Crippen LogP contribution in [0.5, 0.6) is 0 Å². The Balaban J connectivity index is 2.38. The van der Waals surface area contributed by atoms with Crippen molar-refractivity contribution in [2.75, 3.05) is 19.6 Å². The van der Waals surface area contributed by atoms with Gasteiger partial charge in [-0.05, 0) is 32.2 Å². The number of amides is 1. The van der Waals surface area contributed by atoms with Crippen molar-refractivity contribution < 1.29 is 4.79 Å². The molecule has 0 unspecified atom stereocenters. The molecule has 94 valence electrons. The van der Waals surface area contributed by atoms with E-state index in [2.05, 4.69) is 31.0 Å². The van der Waals surface area contributed by atoms with E-state index in [4.69, 9.17) is 0 Å². The van der Waals surface area contributed by atoms with Crippen LogP contribution >= 0.6 is 0 Å². The summed E-state index contributed by atoms with van der Waals surface area (Å²) in [5, 5.41) is 3.46. The number of hydrogen-bond donors (Lipinski definition) is 1. The molecule has 0 aromatic heterocycles. The molecule has 0 bridgehead atoms. The Bertz CT molecular complexity index is 206. The van der Waals surface area contributed by atoms with Crippen LogP contribution in [0.15, 0.2) is 0 Å². The average Bonchev–Trinajstić information content (AvgIpc) is 2.32. The van der Waals surface area contributed by atoms with Gasteiger partial charge in [0.2, 0.25) is 5.91 Å². The van der Waals surface area contributed by atoms with Crippen molar-refractivity contribution in [1.82, 2.24) is 10.2 Å². The first-order valence-corrected chi connectivity index (χ1v) is 6.75. The summed E-state index contributed by atoms with van der Waals surface area (Å²) in [6, 6.07) is 0.621. The summed E-state index contributed by atoms with van der Waals surface area (Å²) >= 11 is 0. The third-order valence-electron chi connectivity index (χ3n) is 3.63. The number of hydrogen-bond acceptors (Lipinski definition) is 2. The SMILES string of the molecule is CCNC1CCN(C(=O)C(CC)CC)CC1. The van der Waals surface area contributed by atoms with E-state index in [0.717, 1.165) is 45.3 Å². The van der Waals surface area contributed by atoms with Gasteiger partial charge in [-0.3, -0.25) is 4.79 Å². The van der Waals surface area contributed by atoms with Gasteiger partial charge < -0.3 is 10.2 Å². The summed E-state index contributed by atoms with van der Waals surface area (Å²) < 4.78 is 0. The zero-order chi connectivity index (χ0) is 12.0. The lowest BCUT2D eigenvalue weighted by Gasteiger charge is -2.34. The van der Waals surface area contributed by atoms with Crippen molar-refractivity contribution in [2.24, 2.45) is 5.92 Å². The van der Waals surface area contributed by atoms with Gasteiger partial charge in [0.25, 0.3) is 0 Å². The molecule has 3 heteroatoms. The Morgan fingerprint density at radius 2 is 1.81 bits per heavy atom. The Morgan fingerprint density at radius 3 is 2.25 bits per heavy atom. The molecule has 0 aromatic rings. The zero-order valence-corrected chi connectivity index (χ0v) is 11.0. The minimum Gasteiger partial charge on any atom is -0.342 e. The van der Waals surface area contributed by atoms with Crippen LogP contribution in [0.4, 0.5) is 0 Å². The molecule has 1 fully saturated rings. The van der Waals surface area contributed by atoms with E-state index in [1.165, 1.54) is 0 Å². The number of nitrogens with one attached hydrogen (secondary N) is 1. The van der Waals surface area contributed by atoms with Gasteiger partial charge in [-0.2, -0.15) is 0 Å². The van der Waals surface area contributed by atoms with E-state index in [0.29, 0.717) is 11.9 Å². The maximum atomic E-state index is 12.1. The third kappa shape index (κ3) is 3.48. The van der Waals surface area contributed by atoms with Gasteiger partial charge in [-0.15, -0.1) is 0 Å². The molecule has 0 spiro atoms. The highest BCUT2D eigenvalue weighted by molar-refractivity contribution is 5.78. The highest BCUT2D eigenvalue weighted by Crippen LogP contribution is 2.17. The zero-order valence-electron chi connectivity index (χ0n) is 11.0. The van der Waals surface area contributed by atoms with E-state index in [9.17, 15) is 4.79 Å². The Morgan fingerprint density at radius 1 is 1.25 bits per heavy atom. The van der Waals surface area contributed by atoms with Gasteiger partial charge in [-0.1, -0.05) is 20.8 Å². The largest absolute Gasteiger partial charge is 0.342 e. The van der Waals surface area contributed by atoms with Crippen LogP contribution in [0, 0.1) is 5.92 Å². The summed E-state index contributed by atoms with van der Waals surface area (Å²) in [6.45, 7) is 9.27. The molecule has 1 amide bonds. The van der Waals surface area contributed by atoms with Crippen LogP contribution in [0.1, 0.15) is 46.5 Å². The lowest BCUT2D eigenvalue weighted by Crippen LogP contribution is -2.46. The summed E-state index contributed by atoms with van der Waals surface area (Å²) in [5.41, 5.74) is 0. The molecular weight excluding hydrogens is 200 g/mol. The van der Waals surface area contributed by atoms with E-state index in [-0.39, 0.29) is 5.92 Å². The minimum absolute atomic E-state index is 0.246. The molecule has 3 nitrogen and oxygen atoms in total. The van der Waals surface area contributed by atoms with Crippen molar-refractivity contribution >= 4 is 5.91 Å². The molecule has 1 aliphatic heterocycles. The molecule has 0 saturated carbocycles. The number of carbonyl (C=O) groups is 1. The fraction of sp³-hybridized carbons (Fsp3) is 0.923. The predicted molar refractivity (Wildman–Crippen MR) is 67.4 cm³/mol. The molecule has 0 aromatic carbocycles. The Kier molecular flexibility index (Phi) is 5.81. The van der Waals surface area contributed by atoms with Crippen LogP contribution in [-0.2, 0) is 4.79 Å². The van der Waals surface area contributed by atoms with Crippen LogP contribution in [0.3, 0.4) is 0 Å². The van der Waals surface area contributed by atoms with Gasteiger partial charge in [-0.25, -0.2) is 0 Å². The van der Waals surface area contributed by atoms with E-state index >= 15 is 0 Å². The van der Waals surface area contributed by atoms with Crippen LogP contribution < -0.4 is 5.32 Å². The maximum absolute atomic E-state index is 12.1. The van der Waals surface area contributed by atoms with Crippen LogP contribution in [0.2, 0.25) is 0 Å². The summed E-state index contributed by atoms with van der Waals surface area (Å²) in [4.78, 5) is 14.2. The highest BCUT2D eigenvalue weighted by atomic mass is 16.2. The first-order valence-electron chi connectivity index (χ1n) is 6.75. The first kappa shape index (κ1) is 13.5. The maximum Gasteiger partial charge on any atom is 0.225 e. The first-order chi connectivity index (χ1) is 7.72. The fourth-order valence-corrected chi connectivity index (χ4v) is 2.49. The summed E-state index contributed by atoms with van der Waals surface area (Å²) in [5.74, 6) is 0.621. The van der Waals surface area contributed by atoms with Gasteiger partial charge in [0.1, 0.15) is 0 Å². The smallest absolute Gasteiger partial charge is 0.225 e. The van der Waals surface area contributed by atoms with E-state index in [1.807, 2.05) is 0 Å². The molecule has 0 atom stereocenters. The van der Waals surface area contributed by atoms with Gasteiger partial charge in [0.05, 0.1) is 0 Å². The number of likely N-dealkylation sites (tertiary alicyclic amines) is 1. The number of nitrogens with zero attached hydrogens (tertiary/aromatic N) is 1. The highest BCUT2D eigenvalue weighted by Gasteiger charge is 2.25. The standard InChI is InChI=1S/C13H26N2O/c1-4-11(5-2)13(16)15-9-7-12(8-10-15)14-6-3/h11-12,14H,4-10H2,1-3H3. The topological polar surface area (TPSA) is 32.3 Å². The molecule has 1 aliphatic rings. The van der Waals surface area contributed by atoms with Gasteiger partial charge in [0, 0.05) is 25.0 Å². The monoisotopic (exact) mass is 226 g/mol. The van der Waals surface area contributed by atoms with Crippen LogP contribution in [0.25, 0.3) is 0 Å². The van der Waals surface area contributed by atoms with Crippen molar-refractivity contribution in [3.63, 3.8) is 0 Å². The molecule has 0 aliphatic carbocycles. The fourth-order valence-electron chi connectivity index (χ4n) is 2.49. The van der Waals surface area contributed by atoms with Crippen molar-refractivity contribution in [3.05, 3.63) is 0 Å². The second-order valence-corrected chi connectivity index (χ2v) is 4.67. The van der Waals surface area contributed by atoms with Gasteiger partial charge in [0.15, 0.2) is 0 Å².